The number of hydrogen-bond donors (Lipinski definition) is 2. The molecule has 0 aromatic heterocycles. The van der Waals surface area contributed by atoms with E-state index in [1.54, 1.807) is 0 Å². The van der Waals surface area contributed by atoms with Crippen LogP contribution in [0.2, 0.25) is 0 Å². The third-order valence-corrected chi connectivity index (χ3v) is 2.23. The summed E-state index contributed by atoms with van der Waals surface area (Å²) in [6.07, 6.45) is 0.839. The van der Waals surface area contributed by atoms with E-state index in [0.29, 0.717) is 0 Å². The van der Waals surface area contributed by atoms with Crippen molar-refractivity contribution in [3.63, 3.8) is 0 Å². The highest BCUT2D eigenvalue weighted by molar-refractivity contribution is 9.10. The molecular weight excluding hydrogens is 240 g/mol. The third kappa shape index (κ3) is 3.41. The quantitative estimate of drug-likeness (QED) is 0.480. The van der Waals surface area contributed by atoms with Crippen LogP contribution in [0.3, 0.4) is 0 Å². The van der Waals surface area contributed by atoms with Crippen molar-refractivity contribution < 1.29 is 0 Å². The lowest BCUT2D eigenvalue weighted by Crippen LogP contribution is -2.05. The Morgan fingerprint density at radius 2 is 2.29 bits per heavy atom. The van der Waals surface area contributed by atoms with Crippen LogP contribution in [0.4, 0.5) is 5.69 Å². The molecule has 0 bridgehead atoms. The first kappa shape index (κ1) is 11.1. The predicted octanol–water partition coefficient (Wildman–Crippen LogP) is 1.99. The number of anilines is 1. The number of hydrogen-bond acceptors (Lipinski definition) is 2. The number of nitrogens with one attached hydrogen (secondary N) is 1. The molecule has 0 heterocycles. The summed E-state index contributed by atoms with van der Waals surface area (Å²) < 4.78 is 0.982. The van der Waals surface area contributed by atoms with Crippen molar-refractivity contribution in [1.29, 1.82) is 0 Å². The van der Waals surface area contributed by atoms with Gasteiger partial charge in [0.25, 0.3) is 0 Å². The van der Waals surface area contributed by atoms with E-state index in [1.165, 1.54) is 0 Å². The molecule has 0 aliphatic heterocycles. The number of benzene rings is 1. The van der Waals surface area contributed by atoms with E-state index in [2.05, 4.69) is 33.1 Å². The SMILES string of the molecule is CNCCC#Cc1ccc(Br)cc1N. The summed E-state index contributed by atoms with van der Waals surface area (Å²) in [4.78, 5) is 0. The Kier molecular flexibility index (Phi) is 4.51. The summed E-state index contributed by atoms with van der Waals surface area (Å²) in [5.74, 6) is 6.09. The monoisotopic (exact) mass is 252 g/mol. The van der Waals surface area contributed by atoms with E-state index in [1.807, 2.05) is 25.2 Å². The van der Waals surface area contributed by atoms with Crippen molar-refractivity contribution in [3.05, 3.63) is 28.2 Å². The van der Waals surface area contributed by atoms with Crippen molar-refractivity contribution in [2.24, 2.45) is 0 Å². The standard InChI is InChI=1S/C11H13BrN2/c1-14-7-3-2-4-9-5-6-10(12)8-11(9)13/h5-6,8,14H,3,7,13H2,1H3. The van der Waals surface area contributed by atoms with Crippen molar-refractivity contribution in [2.75, 3.05) is 19.3 Å². The minimum atomic E-state index is 0.719. The molecule has 1 aromatic carbocycles. The molecular formula is C11H13BrN2. The van der Waals surface area contributed by atoms with Crippen molar-refractivity contribution in [1.82, 2.24) is 5.32 Å². The van der Waals surface area contributed by atoms with E-state index in [4.69, 9.17) is 5.73 Å². The van der Waals surface area contributed by atoms with Gasteiger partial charge in [-0.25, -0.2) is 0 Å². The fraction of sp³-hybridized carbons (Fsp3) is 0.273. The van der Waals surface area contributed by atoms with Gasteiger partial charge >= 0.3 is 0 Å². The molecule has 0 atom stereocenters. The van der Waals surface area contributed by atoms with Gasteiger partial charge < -0.3 is 11.1 Å². The van der Waals surface area contributed by atoms with Gasteiger partial charge in [-0.3, -0.25) is 0 Å². The van der Waals surface area contributed by atoms with E-state index in [0.717, 1.165) is 28.7 Å². The van der Waals surface area contributed by atoms with Gasteiger partial charge in [0.2, 0.25) is 0 Å². The average molecular weight is 253 g/mol. The Balaban J connectivity index is 2.70. The summed E-state index contributed by atoms with van der Waals surface area (Å²) in [6.45, 7) is 0.906. The smallest absolute Gasteiger partial charge is 0.0484 e. The van der Waals surface area contributed by atoms with Crippen LogP contribution in [0.25, 0.3) is 0 Å². The summed E-state index contributed by atoms with van der Waals surface area (Å²) in [5, 5.41) is 3.04. The fourth-order valence-electron chi connectivity index (χ4n) is 0.993. The Labute approximate surface area is 93.0 Å². The zero-order valence-electron chi connectivity index (χ0n) is 8.10. The lowest BCUT2D eigenvalue weighted by molar-refractivity contribution is 0.818. The number of nitrogen functional groups attached to an aromatic ring is 1. The largest absolute Gasteiger partial charge is 0.398 e. The Hall–Kier alpha value is -0.980. The minimum absolute atomic E-state index is 0.719. The molecule has 0 aliphatic carbocycles. The molecule has 1 rings (SSSR count). The zero-order valence-corrected chi connectivity index (χ0v) is 9.69. The number of nitrogens with two attached hydrogens (primary N) is 1. The maximum absolute atomic E-state index is 5.79. The summed E-state index contributed by atoms with van der Waals surface area (Å²) in [5.41, 5.74) is 7.40. The Morgan fingerprint density at radius 3 is 2.93 bits per heavy atom. The van der Waals surface area contributed by atoms with Gasteiger partial charge in [-0.05, 0) is 25.2 Å². The van der Waals surface area contributed by atoms with Crippen molar-refractivity contribution in [3.8, 4) is 11.8 Å². The van der Waals surface area contributed by atoms with Crippen LogP contribution < -0.4 is 11.1 Å². The predicted molar refractivity (Wildman–Crippen MR) is 64.0 cm³/mol. The first-order valence-electron chi connectivity index (χ1n) is 4.42. The molecule has 0 saturated carbocycles. The van der Waals surface area contributed by atoms with E-state index < -0.39 is 0 Å². The second-order valence-electron chi connectivity index (χ2n) is 2.89. The molecule has 2 nitrogen and oxygen atoms in total. The summed E-state index contributed by atoms with van der Waals surface area (Å²) in [7, 11) is 1.91. The second kappa shape index (κ2) is 5.69. The molecule has 0 amide bonds. The van der Waals surface area contributed by atoms with Crippen LogP contribution in [0, 0.1) is 11.8 Å². The Bertz CT molecular complexity index is 363. The first-order valence-corrected chi connectivity index (χ1v) is 5.22. The zero-order chi connectivity index (χ0) is 10.4. The minimum Gasteiger partial charge on any atom is -0.398 e. The third-order valence-electron chi connectivity index (χ3n) is 1.74. The molecule has 3 heteroatoms. The molecule has 0 saturated heterocycles. The summed E-state index contributed by atoms with van der Waals surface area (Å²) in [6, 6.07) is 5.73. The molecule has 1 aromatic rings. The first-order chi connectivity index (χ1) is 6.74. The molecule has 3 N–H and O–H groups in total. The van der Waals surface area contributed by atoms with E-state index >= 15 is 0 Å². The van der Waals surface area contributed by atoms with Gasteiger partial charge in [-0.2, -0.15) is 0 Å². The normalized spacial score (nSPS) is 9.29. The molecule has 0 unspecified atom stereocenters. The van der Waals surface area contributed by atoms with Gasteiger partial charge in [-0.15, -0.1) is 0 Å². The molecule has 14 heavy (non-hydrogen) atoms. The Morgan fingerprint density at radius 1 is 1.50 bits per heavy atom. The lowest BCUT2D eigenvalue weighted by atomic mass is 10.2. The molecule has 0 fully saturated rings. The average Bonchev–Trinajstić information content (AvgIpc) is 2.15. The molecule has 0 spiro atoms. The van der Waals surface area contributed by atoms with Crippen LogP contribution in [-0.2, 0) is 0 Å². The van der Waals surface area contributed by atoms with E-state index in [-0.39, 0.29) is 0 Å². The molecule has 74 valence electrons. The highest BCUT2D eigenvalue weighted by Gasteiger charge is 1.94. The van der Waals surface area contributed by atoms with Crippen molar-refractivity contribution >= 4 is 21.6 Å². The van der Waals surface area contributed by atoms with Crippen LogP contribution in [0.1, 0.15) is 12.0 Å². The van der Waals surface area contributed by atoms with Crippen LogP contribution in [-0.4, -0.2) is 13.6 Å². The van der Waals surface area contributed by atoms with E-state index in [9.17, 15) is 0 Å². The van der Waals surface area contributed by atoms with Crippen LogP contribution >= 0.6 is 15.9 Å². The van der Waals surface area contributed by atoms with Gasteiger partial charge in [0.05, 0.1) is 0 Å². The maximum atomic E-state index is 5.79. The summed E-state index contributed by atoms with van der Waals surface area (Å²) >= 11 is 3.35. The van der Waals surface area contributed by atoms with Gasteiger partial charge in [0.1, 0.15) is 0 Å². The van der Waals surface area contributed by atoms with Gasteiger partial charge in [0, 0.05) is 28.7 Å². The highest BCUT2D eigenvalue weighted by Crippen LogP contribution is 2.17. The second-order valence-corrected chi connectivity index (χ2v) is 3.80. The number of rotatable bonds is 2. The topological polar surface area (TPSA) is 38.0 Å². The van der Waals surface area contributed by atoms with Crippen molar-refractivity contribution in [2.45, 2.75) is 6.42 Å². The maximum Gasteiger partial charge on any atom is 0.0484 e. The van der Waals surface area contributed by atoms with Gasteiger partial charge in [0.15, 0.2) is 0 Å². The highest BCUT2D eigenvalue weighted by atomic mass is 79.9. The fourth-order valence-corrected chi connectivity index (χ4v) is 1.37. The van der Waals surface area contributed by atoms with Crippen LogP contribution in [0.5, 0.6) is 0 Å². The van der Waals surface area contributed by atoms with Gasteiger partial charge in [-0.1, -0.05) is 27.8 Å². The van der Waals surface area contributed by atoms with Crippen LogP contribution in [0.15, 0.2) is 22.7 Å². The molecule has 0 radical (unpaired) electrons. The number of halogens is 1. The lowest BCUT2D eigenvalue weighted by Gasteiger charge is -1.97. The molecule has 0 aliphatic rings.